The van der Waals surface area contributed by atoms with Gasteiger partial charge in [-0.05, 0) is 67.1 Å². The Morgan fingerprint density at radius 2 is 1.62 bits per heavy atom. The number of carbonyl (C=O) groups is 1. The molecule has 1 fully saturated rings. The average molecular weight is 564 g/mol. The molecule has 4 rings (SSSR count). The molecule has 0 spiro atoms. The number of aliphatic hydroxyl groups is 1. The fourth-order valence-corrected chi connectivity index (χ4v) is 6.74. The van der Waals surface area contributed by atoms with Crippen LogP contribution in [-0.4, -0.2) is 64.2 Å². The average Bonchev–Trinajstić information content (AvgIpc) is 2.96. The minimum Gasteiger partial charge on any atom is -0.385 e. The van der Waals surface area contributed by atoms with Gasteiger partial charge in [-0.2, -0.15) is 0 Å². The highest BCUT2D eigenvalue weighted by molar-refractivity contribution is 7.82. The van der Waals surface area contributed by atoms with Crippen LogP contribution in [0.15, 0.2) is 77.7 Å². The SMILES string of the molecule is CN(CC1CCN(CCC(O)(CCNC(=O)C(C)(C)C)c2ccccc2)CC1)S(=O)c1cccc2ccccc12. The molecule has 2 unspecified atom stereocenters. The van der Waals surface area contributed by atoms with E-state index in [0.29, 0.717) is 25.3 Å². The lowest BCUT2D eigenvalue weighted by molar-refractivity contribution is -0.128. The highest BCUT2D eigenvalue weighted by Gasteiger charge is 2.31. The molecule has 0 aromatic heterocycles. The molecule has 0 saturated carbocycles. The maximum Gasteiger partial charge on any atom is 0.225 e. The summed E-state index contributed by atoms with van der Waals surface area (Å²) in [5, 5.41) is 16.9. The second kappa shape index (κ2) is 13.4. The Balaban J connectivity index is 1.29. The van der Waals surface area contributed by atoms with Crippen LogP contribution in [0.25, 0.3) is 10.8 Å². The molecule has 6 nitrogen and oxygen atoms in total. The quantitative estimate of drug-likeness (QED) is 0.331. The standard InChI is InChI=1S/C33H45N3O3S/c1-32(2,3)31(37)34-21-19-33(38,28-13-6-5-7-14-28)20-24-36-22-17-26(18-23-36)25-35(4)40(39)30-16-10-12-27-11-8-9-15-29(27)30/h5-16,26,38H,17-25H2,1-4H3,(H,34,37). The topological polar surface area (TPSA) is 72.9 Å². The number of hydrogen-bond acceptors (Lipinski definition) is 4. The van der Waals surface area contributed by atoms with Gasteiger partial charge in [0.1, 0.15) is 11.0 Å². The van der Waals surface area contributed by atoms with E-state index >= 15 is 0 Å². The Hall–Kier alpha value is -2.58. The molecule has 3 aromatic carbocycles. The summed E-state index contributed by atoms with van der Waals surface area (Å²) < 4.78 is 15.4. The van der Waals surface area contributed by atoms with Crippen LogP contribution in [0.1, 0.15) is 52.0 Å². The number of rotatable bonds is 11. The van der Waals surface area contributed by atoms with E-state index in [1.807, 2.05) is 92.8 Å². The molecule has 0 aliphatic carbocycles. The van der Waals surface area contributed by atoms with Gasteiger partial charge < -0.3 is 15.3 Å². The molecule has 40 heavy (non-hydrogen) atoms. The molecule has 2 atom stereocenters. The van der Waals surface area contributed by atoms with E-state index in [9.17, 15) is 14.1 Å². The second-order valence-electron chi connectivity index (χ2n) is 12.2. The number of fused-ring (bicyclic) bond motifs is 1. The predicted octanol–water partition coefficient (Wildman–Crippen LogP) is 5.34. The van der Waals surface area contributed by atoms with Crippen molar-refractivity contribution >= 4 is 27.7 Å². The third-order valence-corrected chi connectivity index (χ3v) is 9.55. The lowest BCUT2D eigenvalue weighted by Gasteiger charge is -2.36. The lowest BCUT2D eigenvalue weighted by Crippen LogP contribution is -2.42. The summed E-state index contributed by atoms with van der Waals surface area (Å²) in [4.78, 5) is 15.7. The third-order valence-electron chi connectivity index (χ3n) is 8.10. The first-order valence-electron chi connectivity index (χ1n) is 14.5. The van der Waals surface area contributed by atoms with Crippen LogP contribution < -0.4 is 5.32 Å². The molecule has 3 aromatic rings. The van der Waals surface area contributed by atoms with E-state index in [1.165, 1.54) is 0 Å². The Bertz CT molecular complexity index is 1280. The second-order valence-corrected chi connectivity index (χ2v) is 13.8. The summed E-state index contributed by atoms with van der Waals surface area (Å²) in [6.45, 7) is 9.64. The minimum absolute atomic E-state index is 0.00339. The van der Waals surface area contributed by atoms with Gasteiger partial charge in [-0.3, -0.25) is 4.79 Å². The monoisotopic (exact) mass is 563 g/mol. The number of benzene rings is 3. The molecule has 0 bridgehead atoms. The van der Waals surface area contributed by atoms with Crippen LogP contribution in [0.3, 0.4) is 0 Å². The van der Waals surface area contributed by atoms with Crippen molar-refractivity contribution < 1.29 is 14.1 Å². The van der Waals surface area contributed by atoms with Gasteiger partial charge >= 0.3 is 0 Å². The lowest BCUT2D eigenvalue weighted by atomic mass is 9.86. The van der Waals surface area contributed by atoms with Gasteiger partial charge in [-0.25, -0.2) is 8.51 Å². The number of piperidine rings is 1. The van der Waals surface area contributed by atoms with Crippen molar-refractivity contribution in [3.05, 3.63) is 78.4 Å². The number of hydrogen-bond donors (Lipinski definition) is 2. The maximum atomic E-state index is 13.4. The van der Waals surface area contributed by atoms with Crippen molar-refractivity contribution in [2.24, 2.45) is 11.3 Å². The van der Waals surface area contributed by atoms with Crippen LogP contribution >= 0.6 is 0 Å². The number of likely N-dealkylation sites (tertiary alicyclic amines) is 1. The van der Waals surface area contributed by atoms with Crippen molar-refractivity contribution in [1.29, 1.82) is 0 Å². The van der Waals surface area contributed by atoms with Gasteiger partial charge in [0, 0.05) is 32.1 Å². The van der Waals surface area contributed by atoms with E-state index in [4.69, 9.17) is 0 Å². The third kappa shape index (κ3) is 7.78. The molecule has 1 aliphatic rings. The molecule has 7 heteroatoms. The first-order chi connectivity index (χ1) is 19.1. The van der Waals surface area contributed by atoms with Gasteiger partial charge in [0.2, 0.25) is 5.91 Å². The van der Waals surface area contributed by atoms with Gasteiger partial charge in [-0.15, -0.1) is 0 Å². The highest BCUT2D eigenvalue weighted by Crippen LogP contribution is 2.30. The van der Waals surface area contributed by atoms with Gasteiger partial charge in [0.05, 0.1) is 10.5 Å². The molecule has 1 aliphatic heterocycles. The summed E-state index contributed by atoms with van der Waals surface area (Å²) in [6, 6.07) is 24.0. The molecule has 2 N–H and O–H groups in total. The van der Waals surface area contributed by atoms with Crippen LogP contribution in [0.4, 0.5) is 0 Å². The van der Waals surface area contributed by atoms with E-state index in [-0.39, 0.29) is 5.91 Å². The molecular weight excluding hydrogens is 518 g/mol. The number of carbonyl (C=O) groups excluding carboxylic acids is 1. The highest BCUT2D eigenvalue weighted by atomic mass is 32.2. The largest absolute Gasteiger partial charge is 0.385 e. The van der Waals surface area contributed by atoms with E-state index < -0.39 is 22.0 Å². The summed E-state index contributed by atoms with van der Waals surface area (Å²) in [7, 11) is 0.756. The minimum atomic E-state index is -1.21. The van der Waals surface area contributed by atoms with Gasteiger partial charge in [0.25, 0.3) is 0 Å². The Morgan fingerprint density at radius 1 is 0.975 bits per heavy atom. The van der Waals surface area contributed by atoms with E-state index in [1.54, 1.807) is 0 Å². The van der Waals surface area contributed by atoms with Crippen molar-refractivity contribution in [3.8, 4) is 0 Å². The Morgan fingerprint density at radius 3 is 2.33 bits per heavy atom. The normalized spacial score (nSPS) is 17.6. The molecule has 1 amide bonds. The van der Waals surface area contributed by atoms with E-state index in [2.05, 4.69) is 22.3 Å². The summed E-state index contributed by atoms with van der Waals surface area (Å²) in [5.74, 6) is 0.483. The van der Waals surface area contributed by atoms with Crippen molar-refractivity contribution in [2.45, 2.75) is 57.0 Å². The summed E-state index contributed by atoms with van der Waals surface area (Å²) in [6.07, 6.45) is 3.17. The molecule has 1 heterocycles. The number of nitrogens with one attached hydrogen (secondary N) is 1. The van der Waals surface area contributed by atoms with Crippen molar-refractivity contribution in [2.75, 3.05) is 39.8 Å². The van der Waals surface area contributed by atoms with E-state index in [0.717, 1.165) is 60.3 Å². The van der Waals surface area contributed by atoms with Crippen LogP contribution in [0, 0.1) is 11.3 Å². The fraction of sp³-hybridized carbons (Fsp3) is 0.485. The van der Waals surface area contributed by atoms with Crippen LogP contribution in [0.5, 0.6) is 0 Å². The summed E-state index contributed by atoms with van der Waals surface area (Å²) in [5.41, 5.74) is -0.559. The fourth-order valence-electron chi connectivity index (χ4n) is 5.49. The first kappa shape index (κ1) is 30.4. The Labute approximate surface area is 242 Å². The van der Waals surface area contributed by atoms with Crippen LogP contribution in [0.2, 0.25) is 0 Å². The zero-order valence-electron chi connectivity index (χ0n) is 24.4. The molecule has 0 radical (unpaired) electrons. The smallest absolute Gasteiger partial charge is 0.225 e. The molecule has 216 valence electrons. The molecular formula is C33H45N3O3S. The summed E-state index contributed by atoms with van der Waals surface area (Å²) >= 11 is 0. The van der Waals surface area contributed by atoms with Gasteiger partial charge in [-0.1, -0.05) is 87.5 Å². The number of nitrogens with zero attached hydrogens (tertiary/aromatic N) is 2. The zero-order valence-corrected chi connectivity index (χ0v) is 25.3. The van der Waals surface area contributed by atoms with Gasteiger partial charge in [0.15, 0.2) is 0 Å². The van der Waals surface area contributed by atoms with Crippen molar-refractivity contribution in [1.82, 2.24) is 14.5 Å². The first-order valence-corrected chi connectivity index (χ1v) is 15.6. The zero-order chi connectivity index (χ0) is 28.8. The number of amides is 1. The Kier molecular flexibility index (Phi) is 10.2. The maximum absolute atomic E-state index is 13.4. The van der Waals surface area contributed by atoms with Crippen LogP contribution in [-0.2, 0) is 21.4 Å². The predicted molar refractivity (Wildman–Crippen MR) is 164 cm³/mol. The van der Waals surface area contributed by atoms with Crippen molar-refractivity contribution in [3.63, 3.8) is 0 Å². The molecule has 1 saturated heterocycles.